The monoisotopic (exact) mass is 356 g/mol. The van der Waals surface area contributed by atoms with Crippen molar-refractivity contribution in [1.29, 1.82) is 0 Å². The van der Waals surface area contributed by atoms with E-state index in [0.29, 0.717) is 29.3 Å². The number of H-pyrrole nitrogens is 1. The van der Waals surface area contributed by atoms with Crippen molar-refractivity contribution in [3.05, 3.63) is 62.7 Å². The number of thiophene rings is 1. The molecule has 6 nitrogen and oxygen atoms in total. The van der Waals surface area contributed by atoms with Gasteiger partial charge in [0.25, 0.3) is 5.56 Å². The van der Waals surface area contributed by atoms with E-state index < -0.39 is 5.97 Å². The Balaban J connectivity index is 1.52. The van der Waals surface area contributed by atoms with Gasteiger partial charge in [0.15, 0.2) is 5.78 Å². The van der Waals surface area contributed by atoms with Crippen LogP contribution in [0.2, 0.25) is 0 Å². The zero-order chi connectivity index (χ0) is 17.6. The average molecular weight is 356 g/mol. The number of fused-ring (bicyclic) bond motifs is 1. The molecular formula is C18H16N2O4S. The normalized spacial score (nSPS) is 10.7. The first-order valence-corrected chi connectivity index (χ1v) is 8.72. The molecule has 0 aliphatic heterocycles. The first-order chi connectivity index (χ1) is 12.1. The summed E-state index contributed by atoms with van der Waals surface area (Å²) >= 11 is 1.40. The summed E-state index contributed by atoms with van der Waals surface area (Å²) in [5, 5.41) is 9.31. The Morgan fingerprint density at radius 3 is 2.68 bits per heavy atom. The van der Waals surface area contributed by atoms with Gasteiger partial charge in [0, 0.05) is 11.8 Å². The molecule has 2 aromatic heterocycles. The van der Waals surface area contributed by atoms with Crippen molar-refractivity contribution >= 4 is 33.9 Å². The van der Waals surface area contributed by atoms with E-state index in [-0.39, 0.29) is 24.4 Å². The first-order valence-electron chi connectivity index (χ1n) is 7.84. The summed E-state index contributed by atoms with van der Waals surface area (Å²) in [5.41, 5.74) is 0.176. The Morgan fingerprint density at radius 2 is 1.92 bits per heavy atom. The van der Waals surface area contributed by atoms with Gasteiger partial charge in [-0.2, -0.15) is 5.10 Å². The van der Waals surface area contributed by atoms with Crippen LogP contribution in [0, 0.1) is 0 Å². The van der Waals surface area contributed by atoms with E-state index in [1.54, 1.807) is 30.3 Å². The molecule has 0 spiro atoms. The number of ether oxygens (including phenoxy) is 1. The number of carbonyl (C=O) groups excluding carboxylic acids is 2. The van der Waals surface area contributed by atoms with E-state index in [4.69, 9.17) is 4.74 Å². The van der Waals surface area contributed by atoms with Gasteiger partial charge in [-0.1, -0.05) is 24.3 Å². The Bertz CT molecular complexity index is 947. The highest BCUT2D eigenvalue weighted by Crippen LogP contribution is 2.14. The van der Waals surface area contributed by atoms with Crippen molar-refractivity contribution in [2.45, 2.75) is 19.3 Å². The van der Waals surface area contributed by atoms with Gasteiger partial charge < -0.3 is 4.74 Å². The molecular weight excluding hydrogens is 340 g/mol. The SMILES string of the molecule is O=C(Cc1n[nH]c(=O)c2ccccc12)OCCCC(=O)c1cccs1. The van der Waals surface area contributed by atoms with Gasteiger partial charge in [-0.3, -0.25) is 14.4 Å². The molecule has 0 unspecified atom stereocenters. The van der Waals surface area contributed by atoms with Crippen molar-refractivity contribution in [3.63, 3.8) is 0 Å². The number of nitrogens with one attached hydrogen (secondary N) is 1. The molecule has 0 amide bonds. The fraction of sp³-hybridized carbons (Fsp3) is 0.222. The molecule has 0 saturated carbocycles. The Hall–Kier alpha value is -2.80. The lowest BCUT2D eigenvalue weighted by atomic mass is 10.1. The fourth-order valence-corrected chi connectivity index (χ4v) is 3.17. The van der Waals surface area contributed by atoms with Crippen LogP contribution >= 0.6 is 11.3 Å². The molecule has 128 valence electrons. The van der Waals surface area contributed by atoms with Crippen LogP contribution in [0.1, 0.15) is 28.2 Å². The fourth-order valence-electron chi connectivity index (χ4n) is 2.47. The molecule has 0 saturated heterocycles. The summed E-state index contributed by atoms with van der Waals surface area (Å²) < 4.78 is 5.17. The standard InChI is InChI=1S/C18H16N2O4S/c21-15(16-8-4-10-25-16)7-3-9-24-17(22)11-14-12-5-1-2-6-13(12)18(23)20-19-14/h1-2,4-6,8,10H,3,7,9,11H2,(H,20,23). The van der Waals surface area contributed by atoms with E-state index >= 15 is 0 Å². The number of esters is 1. The predicted octanol–water partition coefficient (Wildman–Crippen LogP) is 2.73. The van der Waals surface area contributed by atoms with Crippen LogP contribution in [-0.4, -0.2) is 28.6 Å². The third-order valence-electron chi connectivity index (χ3n) is 3.69. The van der Waals surface area contributed by atoms with E-state index in [2.05, 4.69) is 10.2 Å². The molecule has 2 heterocycles. The van der Waals surface area contributed by atoms with Crippen LogP contribution in [-0.2, 0) is 16.0 Å². The Kier molecular flexibility index (Phi) is 5.35. The van der Waals surface area contributed by atoms with E-state index in [1.165, 1.54) is 11.3 Å². The van der Waals surface area contributed by atoms with Gasteiger partial charge in [0.1, 0.15) is 0 Å². The summed E-state index contributed by atoms with van der Waals surface area (Å²) in [4.78, 5) is 36.3. The highest BCUT2D eigenvalue weighted by atomic mass is 32.1. The number of aromatic nitrogens is 2. The molecule has 0 aliphatic carbocycles. The van der Waals surface area contributed by atoms with Crippen molar-refractivity contribution in [3.8, 4) is 0 Å². The Labute approximate surface area is 147 Å². The maximum absolute atomic E-state index is 12.0. The lowest BCUT2D eigenvalue weighted by Gasteiger charge is -2.06. The second kappa shape index (κ2) is 7.85. The number of benzene rings is 1. The van der Waals surface area contributed by atoms with E-state index in [9.17, 15) is 14.4 Å². The zero-order valence-corrected chi connectivity index (χ0v) is 14.2. The summed E-state index contributed by atoms with van der Waals surface area (Å²) in [6, 6.07) is 10.6. The van der Waals surface area contributed by atoms with Crippen molar-refractivity contribution in [2.24, 2.45) is 0 Å². The summed E-state index contributed by atoms with van der Waals surface area (Å²) in [6.07, 6.45) is 0.784. The lowest BCUT2D eigenvalue weighted by Crippen LogP contribution is -2.15. The van der Waals surface area contributed by atoms with Crippen LogP contribution in [0.5, 0.6) is 0 Å². The molecule has 7 heteroatoms. The molecule has 0 fully saturated rings. The average Bonchev–Trinajstić information content (AvgIpc) is 3.16. The third kappa shape index (κ3) is 4.19. The molecule has 0 atom stereocenters. The van der Waals surface area contributed by atoms with Crippen molar-refractivity contribution < 1.29 is 14.3 Å². The minimum absolute atomic E-state index is 0.0316. The zero-order valence-electron chi connectivity index (χ0n) is 13.4. The molecule has 25 heavy (non-hydrogen) atoms. The number of hydrogen-bond donors (Lipinski definition) is 1. The quantitative estimate of drug-likeness (QED) is 0.399. The second-order valence-corrected chi connectivity index (χ2v) is 6.39. The number of ketones is 1. The van der Waals surface area contributed by atoms with Crippen LogP contribution in [0.3, 0.4) is 0 Å². The molecule has 3 rings (SSSR count). The molecule has 0 radical (unpaired) electrons. The van der Waals surface area contributed by atoms with E-state index in [0.717, 1.165) is 4.88 Å². The van der Waals surface area contributed by atoms with Crippen molar-refractivity contribution in [2.75, 3.05) is 6.61 Å². The first kappa shape index (κ1) is 17.0. The number of hydrogen-bond acceptors (Lipinski definition) is 6. The molecule has 0 aliphatic rings. The van der Waals surface area contributed by atoms with Crippen LogP contribution in [0.25, 0.3) is 10.8 Å². The second-order valence-electron chi connectivity index (χ2n) is 5.45. The smallest absolute Gasteiger partial charge is 0.311 e. The molecule has 3 aromatic rings. The number of rotatable bonds is 7. The highest BCUT2D eigenvalue weighted by Gasteiger charge is 2.12. The van der Waals surface area contributed by atoms with Gasteiger partial charge in [-0.15, -0.1) is 11.3 Å². The summed E-state index contributed by atoms with van der Waals surface area (Å²) in [7, 11) is 0. The Morgan fingerprint density at radius 1 is 1.12 bits per heavy atom. The predicted molar refractivity (Wildman–Crippen MR) is 94.9 cm³/mol. The number of aromatic amines is 1. The van der Waals surface area contributed by atoms with Gasteiger partial charge >= 0.3 is 5.97 Å². The third-order valence-corrected chi connectivity index (χ3v) is 4.60. The summed E-state index contributed by atoms with van der Waals surface area (Å²) in [5.74, 6) is -0.382. The van der Waals surface area contributed by atoms with Crippen LogP contribution in [0.15, 0.2) is 46.6 Å². The maximum Gasteiger partial charge on any atom is 0.311 e. The summed E-state index contributed by atoms with van der Waals surface area (Å²) in [6.45, 7) is 0.178. The topological polar surface area (TPSA) is 89.1 Å². The molecule has 0 bridgehead atoms. The van der Waals surface area contributed by atoms with E-state index in [1.807, 2.05) is 11.4 Å². The van der Waals surface area contributed by atoms with Crippen molar-refractivity contribution in [1.82, 2.24) is 10.2 Å². The largest absolute Gasteiger partial charge is 0.465 e. The number of Topliss-reactive ketones (excluding diaryl/α,β-unsaturated/α-hetero) is 1. The number of carbonyl (C=O) groups is 2. The minimum Gasteiger partial charge on any atom is -0.465 e. The van der Waals surface area contributed by atoms with Gasteiger partial charge in [-0.25, -0.2) is 5.10 Å². The molecule has 1 N–H and O–H groups in total. The van der Waals surface area contributed by atoms with Gasteiger partial charge in [-0.05, 0) is 23.9 Å². The maximum atomic E-state index is 12.0. The van der Waals surface area contributed by atoms with Crippen LogP contribution in [0.4, 0.5) is 0 Å². The highest BCUT2D eigenvalue weighted by molar-refractivity contribution is 7.12. The molecule has 1 aromatic carbocycles. The van der Waals surface area contributed by atoms with Gasteiger partial charge in [0.2, 0.25) is 0 Å². The van der Waals surface area contributed by atoms with Crippen LogP contribution < -0.4 is 5.56 Å². The number of nitrogens with zero attached hydrogens (tertiary/aromatic N) is 1. The minimum atomic E-state index is -0.437. The lowest BCUT2D eigenvalue weighted by molar-refractivity contribution is -0.142. The van der Waals surface area contributed by atoms with Gasteiger partial charge in [0.05, 0.1) is 29.0 Å².